The minimum Gasteiger partial charge on any atom is -0.434 e. The molecule has 132 valence electrons. The van der Waals surface area contributed by atoms with Gasteiger partial charge in [-0.15, -0.1) is 0 Å². The summed E-state index contributed by atoms with van der Waals surface area (Å²) in [5.41, 5.74) is 2.32. The number of hydrogen-bond donors (Lipinski definition) is 1. The topological polar surface area (TPSA) is 52.0 Å². The number of alkyl halides is 2. The van der Waals surface area contributed by atoms with Crippen LogP contribution < -0.4 is 10.1 Å². The fourth-order valence-corrected chi connectivity index (χ4v) is 3.31. The third-order valence-electron chi connectivity index (χ3n) is 4.00. The first-order valence-electron chi connectivity index (χ1n) is 7.80. The van der Waals surface area contributed by atoms with Gasteiger partial charge in [-0.2, -0.15) is 18.9 Å². The van der Waals surface area contributed by atoms with E-state index < -0.39 is 12.7 Å². The molecular formula is C18H13BrF2N4O. The molecule has 0 saturated heterocycles. The summed E-state index contributed by atoms with van der Waals surface area (Å²) in [5.74, 6) is 0.639. The molecule has 1 unspecified atom stereocenters. The SMILES string of the molecule is FC(F)Oc1ccccc1C1C=C(c2cccc(Br)c2)Nc2ncnn21. The van der Waals surface area contributed by atoms with Crippen molar-refractivity contribution in [2.75, 3.05) is 5.32 Å². The maximum Gasteiger partial charge on any atom is 0.387 e. The number of rotatable bonds is 4. The van der Waals surface area contributed by atoms with Gasteiger partial charge in [-0.1, -0.05) is 46.3 Å². The van der Waals surface area contributed by atoms with Gasteiger partial charge >= 0.3 is 6.61 Å². The number of para-hydroxylation sites is 1. The Kier molecular flexibility index (Phi) is 4.42. The maximum absolute atomic E-state index is 12.8. The lowest BCUT2D eigenvalue weighted by Gasteiger charge is -2.25. The van der Waals surface area contributed by atoms with Gasteiger partial charge in [0.1, 0.15) is 18.1 Å². The van der Waals surface area contributed by atoms with Crippen LogP contribution >= 0.6 is 15.9 Å². The lowest BCUT2D eigenvalue weighted by atomic mass is 10.0. The lowest BCUT2D eigenvalue weighted by molar-refractivity contribution is -0.0506. The van der Waals surface area contributed by atoms with Gasteiger partial charge in [0.25, 0.3) is 0 Å². The van der Waals surface area contributed by atoms with E-state index in [2.05, 4.69) is 31.3 Å². The summed E-state index contributed by atoms with van der Waals surface area (Å²) in [7, 11) is 0. The second-order valence-electron chi connectivity index (χ2n) is 5.61. The number of aromatic nitrogens is 3. The van der Waals surface area contributed by atoms with Crippen molar-refractivity contribution in [3.05, 3.63) is 76.5 Å². The molecule has 0 fully saturated rings. The number of ether oxygens (including phenoxy) is 1. The highest BCUT2D eigenvalue weighted by Gasteiger charge is 2.26. The number of fused-ring (bicyclic) bond motifs is 1. The first kappa shape index (κ1) is 16.7. The van der Waals surface area contributed by atoms with Gasteiger partial charge in [0.15, 0.2) is 0 Å². The zero-order valence-electron chi connectivity index (χ0n) is 13.3. The Morgan fingerprint density at radius 1 is 1.15 bits per heavy atom. The predicted molar refractivity (Wildman–Crippen MR) is 97.0 cm³/mol. The summed E-state index contributed by atoms with van der Waals surface area (Å²) in [5, 5.41) is 7.45. The van der Waals surface area contributed by atoms with Crippen LogP contribution in [0.3, 0.4) is 0 Å². The van der Waals surface area contributed by atoms with E-state index >= 15 is 0 Å². The van der Waals surface area contributed by atoms with Crippen molar-refractivity contribution in [3.63, 3.8) is 0 Å². The number of nitrogens with zero attached hydrogens (tertiary/aromatic N) is 3. The minimum absolute atomic E-state index is 0.112. The van der Waals surface area contributed by atoms with Crippen molar-refractivity contribution < 1.29 is 13.5 Å². The van der Waals surface area contributed by atoms with E-state index in [-0.39, 0.29) is 5.75 Å². The Labute approximate surface area is 156 Å². The third kappa shape index (κ3) is 3.20. The van der Waals surface area contributed by atoms with E-state index in [4.69, 9.17) is 4.74 Å². The molecule has 2 aromatic carbocycles. The van der Waals surface area contributed by atoms with Crippen LogP contribution in [0.1, 0.15) is 17.2 Å². The molecular weight excluding hydrogens is 406 g/mol. The van der Waals surface area contributed by atoms with E-state index in [0.717, 1.165) is 15.7 Å². The van der Waals surface area contributed by atoms with Crippen molar-refractivity contribution in [1.82, 2.24) is 14.8 Å². The highest BCUT2D eigenvalue weighted by atomic mass is 79.9. The molecule has 0 radical (unpaired) electrons. The first-order chi connectivity index (χ1) is 12.6. The molecule has 1 aromatic heterocycles. The van der Waals surface area contributed by atoms with Gasteiger partial charge in [-0.3, -0.25) is 0 Å². The Bertz CT molecular complexity index is 973. The molecule has 0 bridgehead atoms. The summed E-state index contributed by atoms with van der Waals surface area (Å²) >= 11 is 3.46. The average molecular weight is 419 g/mol. The number of anilines is 1. The molecule has 2 heterocycles. The Balaban J connectivity index is 1.82. The number of nitrogens with one attached hydrogen (secondary N) is 1. The standard InChI is InChI=1S/C18H13BrF2N4O/c19-12-5-3-4-11(8-12)14-9-15(25-18(24-14)22-10-23-25)13-6-1-2-7-16(13)26-17(20)21/h1-10,15,17H,(H,22,23,24). The maximum atomic E-state index is 12.8. The summed E-state index contributed by atoms with van der Waals surface area (Å²) in [6.07, 6.45) is 3.33. The molecule has 4 rings (SSSR count). The molecule has 26 heavy (non-hydrogen) atoms. The van der Waals surface area contributed by atoms with Crippen molar-refractivity contribution >= 4 is 27.6 Å². The molecule has 0 amide bonds. The van der Waals surface area contributed by atoms with Crippen LogP contribution in [0, 0.1) is 0 Å². The van der Waals surface area contributed by atoms with Crippen LogP contribution in [0.4, 0.5) is 14.7 Å². The largest absolute Gasteiger partial charge is 0.434 e. The molecule has 3 aromatic rings. The highest BCUT2D eigenvalue weighted by Crippen LogP contribution is 2.36. The van der Waals surface area contributed by atoms with Crippen LogP contribution in [0.25, 0.3) is 5.70 Å². The van der Waals surface area contributed by atoms with Crippen molar-refractivity contribution in [2.24, 2.45) is 0 Å². The van der Waals surface area contributed by atoms with E-state index in [1.807, 2.05) is 30.3 Å². The summed E-state index contributed by atoms with van der Waals surface area (Å²) in [6, 6.07) is 14.0. The van der Waals surface area contributed by atoms with Crippen molar-refractivity contribution in [3.8, 4) is 5.75 Å². The Morgan fingerprint density at radius 2 is 2.00 bits per heavy atom. The zero-order chi connectivity index (χ0) is 18.1. The van der Waals surface area contributed by atoms with Crippen LogP contribution in [0.2, 0.25) is 0 Å². The quantitative estimate of drug-likeness (QED) is 0.667. The molecule has 1 aliphatic heterocycles. The second-order valence-corrected chi connectivity index (χ2v) is 6.52. The van der Waals surface area contributed by atoms with Crippen LogP contribution in [-0.4, -0.2) is 21.4 Å². The number of allylic oxidation sites excluding steroid dienone is 1. The molecule has 0 saturated carbocycles. The number of benzene rings is 2. The molecule has 0 aliphatic carbocycles. The fraction of sp³-hybridized carbons (Fsp3) is 0.111. The smallest absolute Gasteiger partial charge is 0.387 e. The predicted octanol–water partition coefficient (Wildman–Crippen LogP) is 4.70. The van der Waals surface area contributed by atoms with Crippen LogP contribution in [0.5, 0.6) is 5.75 Å². The monoisotopic (exact) mass is 418 g/mol. The number of hydrogen-bond acceptors (Lipinski definition) is 4. The van der Waals surface area contributed by atoms with E-state index in [1.54, 1.807) is 22.9 Å². The van der Waals surface area contributed by atoms with Crippen molar-refractivity contribution in [1.29, 1.82) is 0 Å². The van der Waals surface area contributed by atoms with Gasteiger partial charge in [0.2, 0.25) is 5.95 Å². The molecule has 1 atom stereocenters. The van der Waals surface area contributed by atoms with E-state index in [9.17, 15) is 8.78 Å². The zero-order valence-corrected chi connectivity index (χ0v) is 14.9. The van der Waals surface area contributed by atoms with Gasteiger partial charge in [0, 0.05) is 15.7 Å². The van der Waals surface area contributed by atoms with Gasteiger partial charge < -0.3 is 10.1 Å². The first-order valence-corrected chi connectivity index (χ1v) is 8.59. The number of halogens is 3. The second kappa shape index (κ2) is 6.87. The molecule has 5 nitrogen and oxygen atoms in total. The summed E-state index contributed by atoms with van der Waals surface area (Å²) < 4.78 is 32.9. The van der Waals surface area contributed by atoms with Gasteiger partial charge in [0.05, 0.1) is 0 Å². The fourth-order valence-electron chi connectivity index (χ4n) is 2.91. The third-order valence-corrected chi connectivity index (χ3v) is 4.49. The van der Waals surface area contributed by atoms with Gasteiger partial charge in [-0.25, -0.2) is 4.68 Å². The summed E-state index contributed by atoms with van der Waals surface area (Å²) in [6.45, 7) is -2.90. The van der Waals surface area contributed by atoms with Gasteiger partial charge in [-0.05, 0) is 29.8 Å². The Morgan fingerprint density at radius 3 is 2.81 bits per heavy atom. The van der Waals surface area contributed by atoms with E-state index in [0.29, 0.717) is 11.5 Å². The average Bonchev–Trinajstić information content (AvgIpc) is 3.09. The molecule has 1 aliphatic rings. The molecule has 0 spiro atoms. The summed E-state index contributed by atoms with van der Waals surface area (Å²) in [4.78, 5) is 4.22. The Hall–Kier alpha value is -2.74. The van der Waals surface area contributed by atoms with Crippen LogP contribution in [0.15, 0.2) is 65.4 Å². The molecule has 1 N–H and O–H groups in total. The minimum atomic E-state index is -2.90. The van der Waals surface area contributed by atoms with Crippen LogP contribution in [-0.2, 0) is 0 Å². The highest BCUT2D eigenvalue weighted by molar-refractivity contribution is 9.10. The van der Waals surface area contributed by atoms with E-state index in [1.165, 1.54) is 12.4 Å². The normalized spacial score (nSPS) is 16.0. The van der Waals surface area contributed by atoms with Crippen molar-refractivity contribution in [2.45, 2.75) is 12.7 Å². The lowest BCUT2D eigenvalue weighted by Crippen LogP contribution is -2.21. The molecule has 8 heteroatoms.